The summed E-state index contributed by atoms with van der Waals surface area (Å²) in [5.41, 5.74) is 3.60. The van der Waals surface area contributed by atoms with Crippen molar-refractivity contribution in [1.82, 2.24) is 24.8 Å². The number of nitrogens with one attached hydrogen (secondary N) is 2. The molecule has 1 saturated heterocycles. The number of aromatic amines is 1. The lowest BCUT2D eigenvalue weighted by atomic mass is 10.1. The van der Waals surface area contributed by atoms with E-state index < -0.39 is 0 Å². The second-order valence-electron chi connectivity index (χ2n) is 7.48. The molecule has 0 amide bonds. The van der Waals surface area contributed by atoms with E-state index in [1.807, 2.05) is 18.4 Å². The first-order valence-corrected chi connectivity index (χ1v) is 11.4. The number of anilines is 1. The van der Waals surface area contributed by atoms with Crippen LogP contribution in [0.25, 0.3) is 22.5 Å². The Morgan fingerprint density at radius 2 is 1.87 bits per heavy atom. The molecule has 1 fully saturated rings. The predicted octanol–water partition coefficient (Wildman–Crippen LogP) is 3.66. The Hall–Kier alpha value is -2.42. The Bertz CT molecular complexity index is 966. The van der Waals surface area contributed by atoms with Gasteiger partial charge < -0.3 is 15.2 Å². The first-order chi connectivity index (χ1) is 14.6. The summed E-state index contributed by atoms with van der Waals surface area (Å²) in [6.45, 7) is 6.31. The molecule has 3 aromatic rings. The number of piperazine rings is 1. The number of imidazole rings is 1. The molecule has 30 heavy (non-hydrogen) atoms. The Morgan fingerprint density at radius 3 is 2.60 bits per heavy atom. The van der Waals surface area contributed by atoms with Crippen molar-refractivity contribution in [1.29, 1.82) is 0 Å². The quantitative estimate of drug-likeness (QED) is 0.563. The van der Waals surface area contributed by atoms with E-state index in [4.69, 9.17) is 4.98 Å². The average Bonchev–Trinajstić information content (AvgIpc) is 3.21. The van der Waals surface area contributed by atoms with Gasteiger partial charge in [0, 0.05) is 56.6 Å². The number of benzene rings is 1. The summed E-state index contributed by atoms with van der Waals surface area (Å²) in [4.78, 5) is 17.4. The summed E-state index contributed by atoms with van der Waals surface area (Å²) >= 11 is 1.55. The molecule has 1 aromatic carbocycles. The third-order valence-electron chi connectivity index (χ3n) is 5.37. The van der Waals surface area contributed by atoms with E-state index in [1.54, 1.807) is 30.1 Å². The molecule has 4 rings (SSSR count). The van der Waals surface area contributed by atoms with Gasteiger partial charge in [-0.2, -0.15) is 0 Å². The molecule has 0 spiro atoms. The highest BCUT2D eigenvalue weighted by molar-refractivity contribution is 7.98. The zero-order valence-corrected chi connectivity index (χ0v) is 18.2. The van der Waals surface area contributed by atoms with Crippen LogP contribution in [-0.4, -0.2) is 77.3 Å². The number of pyridine rings is 1. The van der Waals surface area contributed by atoms with E-state index in [1.165, 1.54) is 12.1 Å². The number of hydrogen-bond acceptors (Lipinski definition) is 6. The molecule has 0 radical (unpaired) electrons. The maximum atomic E-state index is 13.4. The topological polar surface area (TPSA) is 60.1 Å². The van der Waals surface area contributed by atoms with Crippen LogP contribution in [0.2, 0.25) is 0 Å². The molecule has 0 saturated carbocycles. The van der Waals surface area contributed by atoms with Gasteiger partial charge in [0.05, 0.1) is 11.4 Å². The van der Waals surface area contributed by atoms with E-state index in [-0.39, 0.29) is 5.82 Å². The zero-order valence-electron chi connectivity index (χ0n) is 17.4. The molecule has 2 N–H and O–H groups in total. The number of halogens is 1. The Kier molecular flexibility index (Phi) is 6.66. The van der Waals surface area contributed by atoms with Crippen molar-refractivity contribution in [2.24, 2.45) is 0 Å². The molecule has 3 heterocycles. The molecule has 0 unspecified atom stereocenters. The molecule has 1 aliphatic rings. The number of likely N-dealkylation sites (N-methyl/N-ethyl adjacent to an activating group) is 1. The SMILES string of the molecule is CSc1nc(-c2ccnc(NCCN3CCN(C)CC3)c2)c(-c2ccc(F)cc2)[nH]1. The van der Waals surface area contributed by atoms with Crippen LogP contribution in [0.3, 0.4) is 0 Å². The fraction of sp³-hybridized carbons (Fsp3) is 0.364. The summed E-state index contributed by atoms with van der Waals surface area (Å²) in [5.74, 6) is 0.584. The highest BCUT2D eigenvalue weighted by Gasteiger charge is 2.16. The van der Waals surface area contributed by atoms with Gasteiger partial charge in [-0.15, -0.1) is 0 Å². The fourth-order valence-electron chi connectivity index (χ4n) is 3.57. The van der Waals surface area contributed by atoms with E-state index in [0.717, 1.165) is 72.8 Å². The Labute approximate surface area is 180 Å². The van der Waals surface area contributed by atoms with Crippen LogP contribution in [0.4, 0.5) is 10.2 Å². The van der Waals surface area contributed by atoms with Gasteiger partial charge in [0.25, 0.3) is 0 Å². The Morgan fingerprint density at radius 1 is 1.10 bits per heavy atom. The fourth-order valence-corrected chi connectivity index (χ4v) is 3.96. The van der Waals surface area contributed by atoms with Gasteiger partial charge in [0.1, 0.15) is 11.6 Å². The maximum Gasteiger partial charge on any atom is 0.166 e. The highest BCUT2D eigenvalue weighted by Crippen LogP contribution is 2.33. The van der Waals surface area contributed by atoms with Crippen LogP contribution >= 0.6 is 11.8 Å². The van der Waals surface area contributed by atoms with Gasteiger partial charge in [-0.25, -0.2) is 14.4 Å². The largest absolute Gasteiger partial charge is 0.369 e. The van der Waals surface area contributed by atoms with Crippen molar-refractivity contribution in [2.75, 3.05) is 57.9 Å². The van der Waals surface area contributed by atoms with Crippen LogP contribution in [-0.2, 0) is 0 Å². The summed E-state index contributed by atoms with van der Waals surface area (Å²) in [6, 6.07) is 10.5. The van der Waals surface area contributed by atoms with E-state index in [2.05, 4.69) is 32.1 Å². The highest BCUT2D eigenvalue weighted by atomic mass is 32.2. The van der Waals surface area contributed by atoms with Crippen LogP contribution in [0, 0.1) is 5.82 Å². The van der Waals surface area contributed by atoms with Gasteiger partial charge in [-0.1, -0.05) is 11.8 Å². The number of thioether (sulfide) groups is 1. The number of nitrogens with zero attached hydrogens (tertiary/aromatic N) is 4. The van der Waals surface area contributed by atoms with Gasteiger partial charge in [0.15, 0.2) is 5.16 Å². The molecule has 8 heteroatoms. The van der Waals surface area contributed by atoms with Crippen molar-refractivity contribution < 1.29 is 4.39 Å². The first-order valence-electron chi connectivity index (χ1n) is 10.1. The number of H-pyrrole nitrogens is 1. The molecule has 0 atom stereocenters. The van der Waals surface area contributed by atoms with E-state index >= 15 is 0 Å². The van der Waals surface area contributed by atoms with E-state index in [9.17, 15) is 4.39 Å². The summed E-state index contributed by atoms with van der Waals surface area (Å²) in [7, 11) is 2.17. The number of aromatic nitrogens is 3. The van der Waals surface area contributed by atoms with Gasteiger partial charge in [-0.05, 0) is 49.7 Å². The summed E-state index contributed by atoms with van der Waals surface area (Å²) in [6.07, 6.45) is 3.78. The summed E-state index contributed by atoms with van der Waals surface area (Å²) in [5, 5.41) is 4.27. The number of rotatable bonds is 7. The molecule has 1 aliphatic heterocycles. The predicted molar refractivity (Wildman–Crippen MR) is 121 cm³/mol. The molecule has 0 bridgehead atoms. The minimum Gasteiger partial charge on any atom is -0.369 e. The van der Waals surface area contributed by atoms with Gasteiger partial charge in [-0.3, -0.25) is 4.90 Å². The summed E-state index contributed by atoms with van der Waals surface area (Å²) < 4.78 is 13.4. The third kappa shape index (κ3) is 5.00. The molecular weight excluding hydrogens is 399 g/mol. The van der Waals surface area contributed by atoms with Crippen molar-refractivity contribution in [2.45, 2.75) is 5.16 Å². The molecule has 2 aromatic heterocycles. The van der Waals surface area contributed by atoms with Crippen molar-refractivity contribution in [3.63, 3.8) is 0 Å². The van der Waals surface area contributed by atoms with Gasteiger partial charge >= 0.3 is 0 Å². The molecule has 158 valence electrons. The lowest BCUT2D eigenvalue weighted by Gasteiger charge is -2.32. The molecule has 6 nitrogen and oxygen atoms in total. The standard InChI is InChI=1S/C22H27FN6S/c1-28-11-13-29(14-12-28)10-9-25-19-15-17(7-8-24-19)21-20(26-22(27-21)30-2)16-3-5-18(23)6-4-16/h3-8,15H,9-14H2,1-2H3,(H,24,25)(H,26,27). The monoisotopic (exact) mass is 426 g/mol. The average molecular weight is 427 g/mol. The molecular formula is C22H27FN6S. The second kappa shape index (κ2) is 9.59. The van der Waals surface area contributed by atoms with Crippen LogP contribution in [0.5, 0.6) is 0 Å². The minimum absolute atomic E-state index is 0.249. The van der Waals surface area contributed by atoms with Crippen molar-refractivity contribution in [3.8, 4) is 22.5 Å². The van der Waals surface area contributed by atoms with Crippen molar-refractivity contribution >= 4 is 17.6 Å². The third-order valence-corrected chi connectivity index (χ3v) is 5.95. The lowest BCUT2D eigenvalue weighted by Crippen LogP contribution is -2.45. The van der Waals surface area contributed by atoms with Crippen LogP contribution < -0.4 is 5.32 Å². The zero-order chi connectivity index (χ0) is 20.9. The van der Waals surface area contributed by atoms with Gasteiger partial charge in [0.2, 0.25) is 0 Å². The normalized spacial score (nSPS) is 15.4. The maximum absolute atomic E-state index is 13.4. The van der Waals surface area contributed by atoms with E-state index in [0.29, 0.717) is 0 Å². The first kappa shape index (κ1) is 20.8. The smallest absolute Gasteiger partial charge is 0.166 e. The second-order valence-corrected chi connectivity index (χ2v) is 8.27. The Balaban J connectivity index is 1.49. The minimum atomic E-state index is -0.249. The van der Waals surface area contributed by atoms with Crippen molar-refractivity contribution in [3.05, 3.63) is 48.4 Å². The lowest BCUT2D eigenvalue weighted by molar-refractivity contribution is 0.158. The van der Waals surface area contributed by atoms with Crippen LogP contribution in [0.1, 0.15) is 0 Å². The molecule has 0 aliphatic carbocycles. The number of hydrogen-bond donors (Lipinski definition) is 2. The van der Waals surface area contributed by atoms with Crippen LogP contribution in [0.15, 0.2) is 47.8 Å².